The van der Waals surface area contributed by atoms with Crippen molar-refractivity contribution in [3.8, 4) is 28.4 Å². The van der Waals surface area contributed by atoms with Gasteiger partial charge >= 0.3 is 5.97 Å². The Kier molecular flexibility index (Phi) is 12.0. The predicted octanol–water partition coefficient (Wildman–Crippen LogP) is 5.88. The van der Waals surface area contributed by atoms with Gasteiger partial charge in [0, 0.05) is 43.6 Å². The van der Waals surface area contributed by atoms with Gasteiger partial charge in [0.1, 0.15) is 17.2 Å². The molecule has 8 nitrogen and oxygen atoms in total. The molecule has 0 saturated carbocycles. The predicted molar refractivity (Wildman–Crippen MR) is 152 cm³/mol. The fourth-order valence-electron chi connectivity index (χ4n) is 4.44. The molecular weight excluding hydrogens is 512 g/mol. The number of methoxy groups -OCH3 is 3. The van der Waals surface area contributed by atoms with Crippen LogP contribution in [0.1, 0.15) is 60.4 Å². The number of aliphatic hydroxyl groups is 1. The van der Waals surface area contributed by atoms with E-state index in [1.54, 1.807) is 26.4 Å². The van der Waals surface area contributed by atoms with Gasteiger partial charge in [-0.15, -0.1) is 0 Å². The van der Waals surface area contributed by atoms with E-state index in [1.807, 2.05) is 36.4 Å². The summed E-state index contributed by atoms with van der Waals surface area (Å²) in [4.78, 5) is 12.8. The van der Waals surface area contributed by atoms with E-state index in [4.69, 9.17) is 23.7 Å². The molecule has 3 aromatic carbocycles. The maximum atomic E-state index is 12.8. The lowest BCUT2D eigenvalue weighted by Crippen LogP contribution is -2.15. The molecule has 0 heterocycles. The third-order valence-electron chi connectivity index (χ3n) is 6.77. The summed E-state index contributed by atoms with van der Waals surface area (Å²) >= 11 is 0. The molecule has 0 radical (unpaired) electrons. The molecule has 0 fully saturated rings. The van der Waals surface area contributed by atoms with E-state index in [0.717, 1.165) is 17.5 Å². The number of hydrogen-bond donors (Lipinski definition) is 2. The molecule has 0 bridgehead atoms. The number of carbonyl (C=O) groups is 1. The lowest BCUT2D eigenvalue weighted by Gasteiger charge is -2.18. The zero-order chi connectivity index (χ0) is 29.1. The van der Waals surface area contributed by atoms with Crippen LogP contribution in [0.15, 0.2) is 48.5 Å². The highest BCUT2D eigenvalue weighted by molar-refractivity contribution is 5.76. The van der Waals surface area contributed by atoms with Gasteiger partial charge in [0.2, 0.25) is 0 Å². The lowest BCUT2D eigenvalue weighted by molar-refractivity contribution is -0.135. The molecule has 3 rings (SSSR count). The summed E-state index contributed by atoms with van der Waals surface area (Å²) in [6, 6.07) is 15.2. The number of ether oxygens (including phenoxy) is 5. The molecule has 0 aliphatic carbocycles. The summed E-state index contributed by atoms with van der Waals surface area (Å²) in [5.41, 5.74) is 5.06. The van der Waals surface area contributed by atoms with E-state index in [0.29, 0.717) is 39.7 Å². The number of aliphatic hydroxyl groups excluding tert-OH is 1. The number of benzene rings is 3. The Morgan fingerprint density at radius 3 is 1.88 bits per heavy atom. The number of carbonyl (C=O) groups excluding carboxylic acids is 1. The molecule has 0 aromatic heterocycles. The summed E-state index contributed by atoms with van der Waals surface area (Å²) in [5, 5.41) is 20.2. The third-order valence-corrected chi connectivity index (χ3v) is 6.77. The number of rotatable bonds is 15. The van der Waals surface area contributed by atoms with Crippen LogP contribution in [-0.4, -0.2) is 44.1 Å². The Balaban J connectivity index is 1.82. The number of esters is 1. The first-order valence-electron chi connectivity index (χ1n) is 13.4. The standard InChI is InChI=1S/C32H40O8/c1-6-21(2)22-7-9-29(10-8-22)39-12-11-30(34)40-32-27(19-37-4)15-24(16-28(32)20-38-5)23-13-25(17-33)31(35)26(14-23)18-36-3/h7-10,13-16,21,33,35H,6,11-12,17-20H2,1-5H3. The minimum absolute atomic E-state index is 0.00144. The Labute approximate surface area is 236 Å². The van der Waals surface area contributed by atoms with Crippen LogP contribution in [0.25, 0.3) is 11.1 Å². The highest BCUT2D eigenvalue weighted by Gasteiger charge is 2.19. The monoisotopic (exact) mass is 552 g/mol. The molecule has 0 amide bonds. The maximum Gasteiger partial charge on any atom is 0.314 e. The van der Waals surface area contributed by atoms with Crippen molar-refractivity contribution in [3.63, 3.8) is 0 Å². The number of hydrogen-bond acceptors (Lipinski definition) is 8. The van der Waals surface area contributed by atoms with Gasteiger partial charge in [-0.05, 0) is 65.4 Å². The largest absolute Gasteiger partial charge is 0.507 e. The minimum atomic E-state index is -0.437. The molecular formula is C32H40O8. The first-order valence-corrected chi connectivity index (χ1v) is 13.4. The molecule has 0 aliphatic rings. The van der Waals surface area contributed by atoms with Crippen molar-refractivity contribution in [1.29, 1.82) is 0 Å². The van der Waals surface area contributed by atoms with Crippen molar-refractivity contribution >= 4 is 5.97 Å². The molecule has 40 heavy (non-hydrogen) atoms. The average Bonchev–Trinajstić information content (AvgIpc) is 2.96. The summed E-state index contributed by atoms with van der Waals surface area (Å²) in [5.74, 6) is 1.13. The van der Waals surface area contributed by atoms with Gasteiger partial charge in [0.15, 0.2) is 0 Å². The van der Waals surface area contributed by atoms with Crippen molar-refractivity contribution < 1.29 is 38.7 Å². The first kappa shape index (κ1) is 31.1. The van der Waals surface area contributed by atoms with E-state index in [-0.39, 0.29) is 45.2 Å². The first-order chi connectivity index (χ1) is 19.3. The summed E-state index contributed by atoms with van der Waals surface area (Å²) in [6.07, 6.45) is 1.13. The molecule has 0 spiro atoms. The van der Waals surface area contributed by atoms with Gasteiger partial charge in [-0.25, -0.2) is 0 Å². The fraction of sp³-hybridized carbons (Fsp3) is 0.406. The highest BCUT2D eigenvalue weighted by atomic mass is 16.5. The van der Waals surface area contributed by atoms with Crippen LogP contribution >= 0.6 is 0 Å². The molecule has 3 aromatic rings. The van der Waals surface area contributed by atoms with Crippen LogP contribution in [-0.2, 0) is 45.4 Å². The van der Waals surface area contributed by atoms with E-state index in [1.165, 1.54) is 12.7 Å². The topological polar surface area (TPSA) is 104 Å². The quantitative estimate of drug-likeness (QED) is 0.178. The Hall–Kier alpha value is -3.43. The second-order valence-corrected chi connectivity index (χ2v) is 9.67. The van der Waals surface area contributed by atoms with Crippen molar-refractivity contribution in [2.24, 2.45) is 0 Å². The second-order valence-electron chi connectivity index (χ2n) is 9.67. The minimum Gasteiger partial charge on any atom is -0.507 e. The molecule has 0 saturated heterocycles. The molecule has 1 atom stereocenters. The number of phenols is 1. The van der Waals surface area contributed by atoms with Crippen molar-refractivity contribution in [3.05, 3.63) is 76.3 Å². The third kappa shape index (κ3) is 8.05. The number of aromatic hydroxyl groups is 1. The molecule has 216 valence electrons. The van der Waals surface area contributed by atoms with Gasteiger partial charge in [-0.2, -0.15) is 0 Å². The van der Waals surface area contributed by atoms with Gasteiger partial charge in [-0.3, -0.25) is 4.79 Å². The molecule has 1 unspecified atom stereocenters. The maximum absolute atomic E-state index is 12.8. The Morgan fingerprint density at radius 1 is 0.825 bits per heavy atom. The van der Waals surface area contributed by atoms with Crippen LogP contribution < -0.4 is 9.47 Å². The van der Waals surface area contributed by atoms with E-state index < -0.39 is 5.97 Å². The normalized spacial score (nSPS) is 11.8. The molecule has 8 heteroatoms. The van der Waals surface area contributed by atoms with Crippen LogP contribution in [0.2, 0.25) is 0 Å². The van der Waals surface area contributed by atoms with Crippen LogP contribution in [0.3, 0.4) is 0 Å². The van der Waals surface area contributed by atoms with Crippen molar-refractivity contribution in [1.82, 2.24) is 0 Å². The molecule has 2 N–H and O–H groups in total. The average molecular weight is 553 g/mol. The van der Waals surface area contributed by atoms with E-state index in [9.17, 15) is 15.0 Å². The van der Waals surface area contributed by atoms with Gasteiger partial charge < -0.3 is 33.9 Å². The van der Waals surface area contributed by atoms with Crippen LogP contribution in [0.5, 0.6) is 17.2 Å². The SMILES string of the molecule is CCC(C)c1ccc(OCCC(=O)Oc2c(COC)cc(-c3cc(CO)c(O)c(COC)c3)cc2COC)cc1. The van der Waals surface area contributed by atoms with Crippen LogP contribution in [0, 0.1) is 0 Å². The van der Waals surface area contributed by atoms with Gasteiger partial charge in [-0.1, -0.05) is 26.0 Å². The smallest absolute Gasteiger partial charge is 0.314 e. The van der Waals surface area contributed by atoms with Gasteiger partial charge in [0.25, 0.3) is 0 Å². The van der Waals surface area contributed by atoms with Crippen molar-refractivity contribution in [2.75, 3.05) is 27.9 Å². The van der Waals surface area contributed by atoms with E-state index in [2.05, 4.69) is 13.8 Å². The summed E-state index contributed by atoms with van der Waals surface area (Å²) < 4.78 is 27.7. The van der Waals surface area contributed by atoms with Crippen molar-refractivity contribution in [2.45, 2.75) is 59.0 Å². The fourth-order valence-corrected chi connectivity index (χ4v) is 4.44. The highest BCUT2D eigenvalue weighted by Crippen LogP contribution is 2.36. The Morgan fingerprint density at radius 2 is 1.35 bits per heavy atom. The second kappa shape index (κ2) is 15.4. The van der Waals surface area contributed by atoms with Gasteiger partial charge in [0.05, 0.1) is 39.5 Å². The zero-order valence-corrected chi connectivity index (χ0v) is 24.0. The summed E-state index contributed by atoms with van der Waals surface area (Å²) in [6.45, 7) is 4.77. The van der Waals surface area contributed by atoms with Crippen LogP contribution in [0.4, 0.5) is 0 Å². The Bertz CT molecular complexity index is 1230. The molecule has 0 aliphatic heterocycles. The van der Waals surface area contributed by atoms with E-state index >= 15 is 0 Å². The lowest BCUT2D eigenvalue weighted by atomic mass is 9.95. The summed E-state index contributed by atoms with van der Waals surface area (Å²) in [7, 11) is 4.67. The zero-order valence-electron chi connectivity index (χ0n) is 24.0.